The third-order valence-electron chi connectivity index (χ3n) is 2.94. The van der Waals surface area contributed by atoms with Crippen LogP contribution in [0.25, 0.3) is 0 Å². The van der Waals surface area contributed by atoms with E-state index in [-0.39, 0.29) is 24.2 Å². The summed E-state index contributed by atoms with van der Waals surface area (Å²) in [6.07, 6.45) is 3.07. The summed E-state index contributed by atoms with van der Waals surface area (Å²) in [7, 11) is 1.61. The zero-order valence-electron chi connectivity index (χ0n) is 10.3. The van der Waals surface area contributed by atoms with Crippen LogP contribution in [0.5, 0.6) is 0 Å². The second-order valence-electron chi connectivity index (χ2n) is 4.34. The van der Waals surface area contributed by atoms with Gasteiger partial charge in [0.05, 0.1) is 12.7 Å². The van der Waals surface area contributed by atoms with Gasteiger partial charge in [0.1, 0.15) is 0 Å². The van der Waals surface area contributed by atoms with Crippen LogP contribution in [-0.2, 0) is 4.79 Å². The predicted molar refractivity (Wildman–Crippen MR) is 65.5 cm³/mol. The van der Waals surface area contributed by atoms with Gasteiger partial charge in [-0.3, -0.25) is 4.79 Å². The van der Waals surface area contributed by atoms with Gasteiger partial charge in [0.2, 0.25) is 11.9 Å². The molecule has 0 bridgehead atoms. The van der Waals surface area contributed by atoms with E-state index < -0.39 is 5.82 Å². The molecule has 6 nitrogen and oxygen atoms in total. The van der Waals surface area contributed by atoms with Gasteiger partial charge in [0.25, 0.3) is 0 Å². The van der Waals surface area contributed by atoms with Crippen LogP contribution in [-0.4, -0.2) is 47.5 Å². The van der Waals surface area contributed by atoms with E-state index in [4.69, 9.17) is 5.73 Å². The zero-order valence-corrected chi connectivity index (χ0v) is 10.3. The fraction of sp³-hybridized carbons (Fsp3) is 0.545. The van der Waals surface area contributed by atoms with Crippen molar-refractivity contribution in [3.05, 3.63) is 12.0 Å². The summed E-state index contributed by atoms with van der Waals surface area (Å²) in [5.74, 6) is -0.561. The summed E-state index contributed by atoms with van der Waals surface area (Å²) in [5, 5.41) is 0. The van der Waals surface area contributed by atoms with E-state index in [0.29, 0.717) is 0 Å². The molecule has 0 spiro atoms. The first kappa shape index (κ1) is 12.5. The van der Waals surface area contributed by atoms with Gasteiger partial charge in [-0.25, -0.2) is 9.37 Å². The van der Waals surface area contributed by atoms with Gasteiger partial charge >= 0.3 is 0 Å². The van der Waals surface area contributed by atoms with Crippen molar-refractivity contribution in [2.75, 3.05) is 37.3 Å². The first-order chi connectivity index (χ1) is 8.58. The Labute approximate surface area is 105 Å². The lowest BCUT2D eigenvalue weighted by atomic mass is 10.4. The number of halogens is 1. The first-order valence-corrected chi connectivity index (χ1v) is 5.85. The minimum Gasteiger partial charge on any atom is -0.368 e. The molecule has 1 aliphatic heterocycles. The Kier molecular flexibility index (Phi) is 3.59. The number of hydrogen-bond acceptors (Lipinski definition) is 5. The average Bonchev–Trinajstić information content (AvgIpc) is 2.85. The SMILES string of the molecule is CN(CC(=O)N1CCCC1)c1nc(N)ncc1F. The molecule has 18 heavy (non-hydrogen) atoms. The normalized spacial score (nSPS) is 14.9. The number of carbonyl (C=O) groups is 1. The molecule has 2 rings (SSSR count). The molecule has 0 aliphatic carbocycles. The summed E-state index contributed by atoms with van der Waals surface area (Å²) in [5.41, 5.74) is 5.41. The Balaban J connectivity index is 2.04. The highest BCUT2D eigenvalue weighted by molar-refractivity contribution is 5.81. The van der Waals surface area contributed by atoms with Gasteiger partial charge in [-0.1, -0.05) is 0 Å². The lowest BCUT2D eigenvalue weighted by molar-refractivity contribution is -0.128. The fourth-order valence-electron chi connectivity index (χ4n) is 1.98. The van der Waals surface area contributed by atoms with Crippen molar-refractivity contribution >= 4 is 17.7 Å². The molecule has 2 heterocycles. The van der Waals surface area contributed by atoms with Crippen LogP contribution in [0, 0.1) is 5.82 Å². The van der Waals surface area contributed by atoms with Crippen LogP contribution >= 0.6 is 0 Å². The Bertz CT molecular complexity index is 447. The van der Waals surface area contributed by atoms with E-state index in [0.717, 1.165) is 32.1 Å². The number of hydrogen-bond donors (Lipinski definition) is 1. The highest BCUT2D eigenvalue weighted by Gasteiger charge is 2.21. The highest BCUT2D eigenvalue weighted by Crippen LogP contribution is 2.15. The van der Waals surface area contributed by atoms with Crippen molar-refractivity contribution in [2.24, 2.45) is 0 Å². The largest absolute Gasteiger partial charge is 0.368 e. The van der Waals surface area contributed by atoms with E-state index in [1.807, 2.05) is 0 Å². The van der Waals surface area contributed by atoms with Gasteiger partial charge < -0.3 is 15.5 Å². The Hall–Kier alpha value is -1.92. The average molecular weight is 253 g/mol. The number of amides is 1. The Morgan fingerprint density at radius 1 is 1.56 bits per heavy atom. The number of nitrogens with two attached hydrogens (primary N) is 1. The molecule has 2 N–H and O–H groups in total. The van der Waals surface area contributed by atoms with Crippen molar-refractivity contribution in [1.82, 2.24) is 14.9 Å². The molecule has 0 saturated carbocycles. The maximum atomic E-state index is 13.5. The van der Waals surface area contributed by atoms with E-state index in [1.165, 1.54) is 4.90 Å². The van der Waals surface area contributed by atoms with Crippen LogP contribution < -0.4 is 10.6 Å². The van der Waals surface area contributed by atoms with Gasteiger partial charge in [-0.05, 0) is 12.8 Å². The minimum atomic E-state index is -0.582. The number of rotatable bonds is 3. The van der Waals surface area contributed by atoms with E-state index in [1.54, 1.807) is 11.9 Å². The van der Waals surface area contributed by atoms with Crippen molar-refractivity contribution in [3.63, 3.8) is 0 Å². The lowest BCUT2D eigenvalue weighted by Gasteiger charge is -2.22. The highest BCUT2D eigenvalue weighted by atomic mass is 19.1. The van der Waals surface area contributed by atoms with Gasteiger partial charge in [0, 0.05) is 20.1 Å². The summed E-state index contributed by atoms with van der Waals surface area (Å²) in [4.78, 5) is 22.5. The number of likely N-dealkylation sites (tertiary alicyclic amines) is 1. The molecule has 0 aromatic carbocycles. The second-order valence-corrected chi connectivity index (χ2v) is 4.34. The number of likely N-dealkylation sites (N-methyl/N-ethyl adjacent to an activating group) is 1. The molecule has 98 valence electrons. The van der Waals surface area contributed by atoms with Crippen LogP contribution in [0.3, 0.4) is 0 Å². The Morgan fingerprint density at radius 3 is 2.89 bits per heavy atom. The molecule has 0 radical (unpaired) electrons. The molecular formula is C11H16FN5O. The van der Waals surface area contributed by atoms with Crippen molar-refractivity contribution in [3.8, 4) is 0 Å². The van der Waals surface area contributed by atoms with Crippen LogP contribution in [0.4, 0.5) is 16.2 Å². The predicted octanol–water partition coefficient (Wildman–Crippen LogP) is 0.257. The van der Waals surface area contributed by atoms with Crippen molar-refractivity contribution in [1.29, 1.82) is 0 Å². The maximum absolute atomic E-state index is 13.5. The first-order valence-electron chi connectivity index (χ1n) is 5.85. The third kappa shape index (κ3) is 2.66. The molecule has 1 aliphatic rings. The summed E-state index contributed by atoms with van der Waals surface area (Å²) < 4.78 is 13.5. The molecule has 1 aromatic rings. The maximum Gasteiger partial charge on any atom is 0.242 e. The minimum absolute atomic E-state index is 0.00753. The summed E-state index contributed by atoms with van der Waals surface area (Å²) in [6, 6.07) is 0. The van der Waals surface area contributed by atoms with Gasteiger partial charge in [-0.2, -0.15) is 4.98 Å². The quantitative estimate of drug-likeness (QED) is 0.836. The van der Waals surface area contributed by atoms with Crippen molar-refractivity contribution in [2.45, 2.75) is 12.8 Å². The molecule has 7 heteroatoms. The molecule has 0 atom stereocenters. The van der Waals surface area contributed by atoms with Gasteiger partial charge in [-0.15, -0.1) is 0 Å². The fourth-order valence-corrected chi connectivity index (χ4v) is 1.98. The number of aromatic nitrogens is 2. The lowest BCUT2D eigenvalue weighted by Crippen LogP contribution is -2.38. The summed E-state index contributed by atoms with van der Waals surface area (Å²) in [6.45, 7) is 1.65. The van der Waals surface area contributed by atoms with Crippen LogP contribution in [0.15, 0.2) is 6.20 Å². The van der Waals surface area contributed by atoms with Crippen LogP contribution in [0.2, 0.25) is 0 Å². The second kappa shape index (κ2) is 5.16. The zero-order chi connectivity index (χ0) is 13.1. The smallest absolute Gasteiger partial charge is 0.242 e. The molecule has 0 unspecified atom stereocenters. The van der Waals surface area contributed by atoms with Gasteiger partial charge in [0.15, 0.2) is 11.6 Å². The standard InChI is InChI=1S/C11H16FN5O/c1-16(7-9(18)17-4-2-3-5-17)10-8(12)6-14-11(13)15-10/h6H,2-5,7H2,1H3,(H2,13,14,15). The molecule has 1 fully saturated rings. The third-order valence-corrected chi connectivity index (χ3v) is 2.94. The van der Waals surface area contributed by atoms with E-state index in [9.17, 15) is 9.18 Å². The monoisotopic (exact) mass is 253 g/mol. The molecule has 1 amide bonds. The number of nitrogen functional groups attached to an aromatic ring is 1. The van der Waals surface area contributed by atoms with Crippen molar-refractivity contribution < 1.29 is 9.18 Å². The molecule has 1 aromatic heterocycles. The van der Waals surface area contributed by atoms with Crippen LogP contribution in [0.1, 0.15) is 12.8 Å². The summed E-state index contributed by atoms with van der Waals surface area (Å²) >= 11 is 0. The Morgan fingerprint density at radius 2 is 2.22 bits per heavy atom. The molecule has 1 saturated heterocycles. The number of carbonyl (C=O) groups excluding carboxylic acids is 1. The van der Waals surface area contributed by atoms with E-state index in [2.05, 4.69) is 9.97 Å². The topological polar surface area (TPSA) is 75.4 Å². The number of nitrogens with zero attached hydrogens (tertiary/aromatic N) is 4. The van der Waals surface area contributed by atoms with E-state index >= 15 is 0 Å². The molecular weight excluding hydrogens is 237 g/mol. The number of anilines is 2.